The Kier molecular flexibility index (Phi) is 8.47. The number of benzene rings is 1. The van der Waals surface area contributed by atoms with Crippen molar-refractivity contribution in [3.05, 3.63) is 30.3 Å². The lowest BCUT2D eigenvalue weighted by atomic mass is 10.1. The average Bonchev–Trinajstić information content (AvgIpc) is 2.47. The first-order valence-electron chi connectivity index (χ1n) is 7.35. The fourth-order valence-electron chi connectivity index (χ4n) is 1.89. The Morgan fingerprint density at radius 3 is 2.65 bits per heavy atom. The highest BCUT2D eigenvalue weighted by atomic mass is 16.5. The maximum absolute atomic E-state index is 11.7. The van der Waals surface area contributed by atoms with E-state index in [0.29, 0.717) is 13.2 Å². The molecule has 0 amide bonds. The third kappa shape index (κ3) is 6.57. The molecule has 4 nitrogen and oxygen atoms in total. The van der Waals surface area contributed by atoms with Crippen LogP contribution in [-0.2, 0) is 9.53 Å². The third-order valence-electron chi connectivity index (χ3n) is 2.87. The first-order chi connectivity index (χ1) is 9.77. The summed E-state index contributed by atoms with van der Waals surface area (Å²) < 4.78 is 10.6. The van der Waals surface area contributed by atoms with Crippen molar-refractivity contribution >= 4 is 5.97 Å². The lowest BCUT2D eigenvalue weighted by Crippen LogP contribution is -2.38. The van der Waals surface area contributed by atoms with Gasteiger partial charge in [-0.1, -0.05) is 31.5 Å². The Bertz CT molecular complexity index is 367. The Labute approximate surface area is 121 Å². The van der Waals surface area contributed by atoms with Gasteiger partial charge in [0.05, 0.1) is 13.2 Å². The summed E-state index contributed by atoms with van der Waals surface area (Å²) in [6, 6.07) is 9.54. The van der Waals surface area contributed by atoms with E-state index in [2.05, 4.69) is 12.2 Å². The summed E-state index contributed by atoms with van der Waals surface area (Å²) in [7, 11) is 0. The van der Waals surface area contributed by atoms with E-state index in [9.17, 15) is 4.79 Å². The maximum Gasteiger partial charge on any atom is 0.323 e. The molecule has 0 spiro atoms. The molecule has 0 bridgehead atoms. The van der Waals surface area contributed by atoms with Crippen LogP contribution in [-0.4, -0.2) is 31.8 Å². The molecule has 20 heavy (non-hydrogen) atoms. The summed E-state index contributed by atoms with van der Waals surface area (Å²) in [5.74, 6) is 0.723. The quantitative estimate of drug-likeness (QED) is 0.528. The highest BCUT2D eigenvalue weighted by Gasteiger charge is 2.17. The van der Waals surface area contributed by atoms with Gasteiger partial charge in [-0.15, -0.1) is 0 Å². The number of carbonyl (C=O) groups is 1. The van der Waals surface area contributed by atoms with Crippen LogP contribution < -0.4 is 10.1 Å². The first kappa shape index (κ1) is 16.5. The first-order valence-corrected chi connectivity index (χ1v) is 7.35. The topological polar surface area (TPSA) is 47.6 Å². The summed E-state index contributed by atoms with van der Waals surface area (Å²) in [5.41, 5.74) is 0. The molecule has 112 valence electrons. The number of hydrogen-bond acceptors (Lipinski definition) is 4. The van der Waals surface area contributed by atoms with E-state index in [0.717, 1.165) is 31.6 Å². The molecule has 4 heteroatoms. The van der Waals surface area contributed by atoms with Crippen molar-refractivity contribution in [2.45, 2.75) is 39.2 Å². The van der Waals surface area contributed by atoms with Gasteiger partial charge in [-0.3, -0.25) is 4.79 Å². The van der Waals surface area contributed by atoms with Crippen molar-refractivity contribution in [1.82, 2.24) is 5.32 Å². The standard InChI is InChI=1S/C16H25NO3/c1-3-9-15(16(18)19-4-2)17-12-8-13-20-14-10-6-5-7-11-14/h5-7,10-11,15,17H,3-4,8-9,12-13H2,1-2H3. The van der Waals surface area contributed by atoms with E-state index in [-0.39, 0.29) is 12.0 Å². The molecule has 0 heterocycles. The molecular formula is C16H25NO3. The molecule has 1 rings (SSSR count). The van der Waals surface area contributed by atoms with Crippen molar-refractivity contribution < 1.29 is 14.3 Å². The number of para-hydroxylation sites is 1. The van der Waals surface area contributed by atoms with Gasteiger partial charge in [0, 0.05) is 0 Å². The summed E-state index contributed by atoms with van der Waals surface area (Å²) in [4.78, 5) is 11.7. The van der Waals surface area contributed by atoms with Gasteiger partial charge >= 0.3 is 5.97 Å². The maximum atomic E-state index is 11.7. The van der Waals surface area contributed by atoms with Gasteiger partial charge < -0.3 is 14.8 Å². The van der Waals surface area contributed by atoms with E-state index < -0.39 is 0 Å². The van der Waals surface area contributed by atoms with E-state index in [1.54, 1.807) is 0 Å². The summed E-state index contributed by atoms with van der Waals surface area (Å²) in [5, 5.41) is 3.24. The lowest BCUT2D eigenvalue weighted by molar-refractivity contribution is -0.145. The monoisotopic (exact) mass is 279 g/mol. The molecule has 0 aliphatic rings. The zero-order valence-corrected chi connectivity index (χ0v) is 12.4. The van der Waals surface area contributed by atoms with Crippen LogP contribution in [0, 0.1) is 0 Å². The Morgan fingerprint density at radius 2 is 2.00 bits per heavy atom. The molecule has 0 saturated carbocycles. The number of nitrogens with one attached hydrogen (secondary N) is 1. The number of esters is 1. The van der Waals surface area contributed by atoms with Gasteiger partial charge in [-0.05, 0) is 38.4 Å². The second-order valence-corrected chi connectivity index (χ2v) is 4.56. The molecule has 1 aromatic rings. The van der Waals surface area contributed by atoms with Crippen LogP contribution in [0.2, 0.25) is 0 Å². The van der Waals surface area contributed by atoms with Gasteiger partial charge in [0.2, 0.25) is 0 Å². The summed E-state index contributed by atoms with van der Waals surface area (Å²) >= 11 is 0. The van der Waals surface area contributed by atoms with E-state index >= 15 is 0 Å². The Hall–Kier alpha value is -1.55. The van der Waals surface area contributed by atoms with Crippen LogP contribution >= 0.6 is 0 Å². The van der Waals surface area contributed by atoms with Gasteiger partial charge in [0.25, 0.3) is 0 Å². The van der Waals surface area contributed by atoms with Crippen LogP contribution in [0.3, 0.4) is 0 Å². The Balaban J connectivity index is 2.18. The SMILES string of the molecule is CCCC(NCCCOc1ccccc1)C(=O)OCC. The van der Waals surface area contributed by atoms with Gasteiger partial charge in [0.15, 0.2) is 0 Å². The molecular weight excluding hydrogens is 254 g/mol. The zero-order chi connectivity index (χ0) is 14.6. The van der Waals surface area contributed by atoms with Crippen molar-refractivity contribution in [3.63, 3.8) is 0 Å². The van der Waals surface area contributed by atoms with Gasteiger partial charge in [0.1, 0.15) is 11.8 Å². The largest absolute Gasteiger partial charge is 0.494 e. The van der Waals surface area contributed by atoms with Crippen LogP contribution in [0.1, 0.15) is 33.1 Å². The third-order valence-corrected chi connectivity index (χ3v) is 2.87. The molecule has 0 saturated heterocycles. The summed E-state index contributed by atoms with van der Waals surface area (Å²) in [6.45, 7) is 5.70. The highest BCUT2D eigenvalue weighted by molar-refractivity contribution is 5.75. The lowest BCUT2D eigenvalue weighted by Gasteiger charge is -2.16. The number of ether oxygens (including phenoxy) is 2. The predicted molar refractivity (Wildman–Crippen MR) is 79.9 cm³/mol. The minimum absolute atomic E-state index is 0.154. The minimum atomic E-state index is -0.198. The molecule has 0 fully saturated rings. The van der Waals surface area contributed by atoms with Crippen molar-refractivity contribution in [3.8, 4) is 5.75 Å². The second kappa shape index (κ2) is 10.3. The number of carbonyl (C=O) groups excluding carboxylic acids is 1. The highest BCUT2D eigenvalue weighted by Crippen LogP contribution is 2.08. The predicted octanol–water partition coefficient (Wildman–Crippen LogP) is 2.78. The fraction of sp³-hybridized carbons (Fsp3) is 0.562. The van der Waals surface area contributed by atoms with Crippen LogP contribution in [0.5, 0.6) is 5.75 Å². The molecule has 0 aliphatic heterocycles. The van der Waals surface area contributed by atoms with Crippen LogP contribution in [0.4, 0.5) is 0 Å². The van der Waals surface area contributed by atoms with Crippen molar-refractivity contribution in [2.75, 3.05) is 19.8 Å². The zero-order valence-electron chi connectivity index (χ0n) is 12.4. The van der Waals surface area contributed by atoms with Gasteiger partial charge in [-0.2, -0.15) is 0 Å². The van der Waals surface area contributed by atoms with Crippen LogP contribution in [0.15, 0.2) is 30.3 Å². The molecule has 0 aromatic heterocycles. The van der Waals surface area contributed by atoms with Crippen LogP contribution in [0.25, 0.3) is 0 Å². The second-order valence-electron chi connectivity index (χ2n) is 4.56. The Morgan fingerprint density at radius 1 is 1.25 bits per heavy atom. The number of rotatable bonds is 10. The van der Waals surface area contributed by atoms with E-state index in [4.69, 9.17) is 9.47 Å². The normalized spacial score (nSPS) is 11.9. The van der Waals surface area contributed by atoms with E-state index in [1.807, 2.05) is 37.3 Å². The molecule has 1 atom stereocenters. The van der Waals surface area contributed by atoms with Crippen molar-refractivity contribution in [1.29, 1.82) is 0 Å². The molecule has 1 unspecified atom stereocenters. The average molecular weight is 279 g/mol. The minimum Gasteiger partial charge on any atom is -0.494 e. The van der Waals surface area contributed by atoms with Crippen molar-refractivity contribution in [2.24, 2.45) is 0 Å². The fourth-order valence-corrected chi connectivity index (χ4v) is 1.89. The van der Waals surface area contributed by atoms with E-state index in [1.165, 1.54) is 0 Å². The molecule has 1 aromatic carbocycles. The summed E-state index contributed by atoms with van der Waals surface area (Å²) in [6.07, 6.45) is 2.61. The molecule has 0 radical (unpaired) electrons. The number of hydrogen-bond donors (Lipinski definition) is 1. The molecule has 0 aliphatic carbocycles. The molecule has 1 N–H and O–H groups in total. The van der Waals surface area contributed by atoms with Gasteiger partial charge in [-0.25, -0.2) is 0 Å². The smallest absolute Gasteiger partial charge is 0.323 e.